The molecule has 1 aromatic heterocycles. The van der Waals surface area contributed by atoms with E-state index in [0.717, 1.165) is 0 Å². The van der Waals surface area contributed by atoms with E-state index in [2.05, 4.69) is 15.1 Å². The minimum Gasteiger partial charge on any atom is -0.539 e. The summed E-state index contributed by atoms with van der Waals surface area (Å²) in [6.45, 7) is 4.68. The molecule has 0 aliphatic heterocycles. The summed E-state index contributed by atoms with van der Waals surface area (Å²) in [5, 5.41) is 26.3. The lowest BCUT2D eigenvalue weighted by Gasteiger charge is -2.01. The molecule has 0 amide bonds. The molecule has 0 radical (unpaired) electrons. The second-order valence-electron chi connectivity index (χ2n) is 3.25. The molecule has 0 fully saturated rings. The zero-order valence-corrected chi connectivity index (χ0v) is 8.36. The van der Waals surface area contributed by atoms with Crippen LogP contribution in [0.1, 0.15) is 25.6 Å². The molecule has 0 unspecified atom stereocenters. The monoisotopic (exact) mass is 201 g/mol. The fourth-order valence-electron chi connectivity index (χ4n) is 1.12. The molecular weight excluding hydrogens is 186 g/mol. The minimum atomic E-state index is -0.427. The van der Waals surface area contributed by atoms with E-state index in [1.807, 2.05) is 13.8 Å². The zero-order valence-electron chi connectivity index (χ0n) is 8.36. The van der Waals surface area contributed by atoms with Crippen molar-refractivity contribution in [3.05, 3.63) is 5.69 Å². The molecule has 0 spiro atoms. The zero-order chi connectivity index (χ0) is 10.6. The van der Waals surface area contributed by atoms with Crippen molar-refractivity contribution >= 4 is 0 Å². The van der Waals surface area contributed by atoms with Crippen molar-refractivity contribution in [3.8, 4) is 5.95 Å². The second kappa shape index (κ2) is 4.92. The van der Waals surface area contributed by atoms with Gasteiger partial charge in [-0.2, -0.15) is 0 Å². The first kappa shape index (κ1) is 10.9. The van der Waals surface area contributed by atoms with Crippen LogP contribution in [0.5, 0.6) is 5.95 Å². The van der Waals surface area contributed by atoms with Crippen molar-refractivity contribution < 1.29 is 19.4 Å². The summed E-state index contributed by atoms with van der Waals surface area (Å²) >= 11 is 0. The summed E-state index contributed by atoms with van der Waals surface area (Å²) in [4.78, 5) is 0. The van der Waals surface area contributed by atoms with Crippen molar-refractivity contribution in [3.63, 3.8) is 0 Å². The molecule has 0 saturated carbocycles. The number of aliphatic hydroxyl groups excluding tert-OH is 1. The highest BCUT2D eigenvalue weighted by Gasteiger charge is 2.19. The van der Waals surface area contributed by atoms with Gasteiger partial charge in [0.15, 0.2) is 12.0 Å². The van der Waals surface area contributed by atoms with E-state index in [9.17, 15) is 5.11 Å². The molecule has 14 heavy (non-hydrogen) atoms. The van der Waals surface area contributed by atoms with Crippen molar-refractivity contribution in [2.75, 3.05) is 13.2 Å². The van der Waals surface area contributed by atoms with Crippen molar-refractivity contribution in [1.29, 1.82) is 0 Å². The van der Waals surface area contributed by atoms with E-state index in [4.69, 9.17) is 5.11 Å². The highest BCUT2D eigenvalue weighted by atomic mass is 16.6. The summed E-state index contributed by atoms with van der Waals surface area (Å²) in [5.41, 5.74) is 0.480. The number of nitrogens with zero attached hydrogens (tertiary/aromatic N) is 2. The largest absolute Gasteiger partial charge is 0.539 e. The Kier molecular flexibility index (Phi) is 3.84. The standard InChI is InChI=1S/C8H15N3O3/c1-6(2)11-7(5-9-3-4-12)8(13)14-10-11/h6,9,12H,3-5H2,1-2H3. The summed E-state index contributed by atoms with van der Waals surface area (Å²) < 4.78 is 6.08. The highest BCUT2D eigenvalue weighted by Crippen LogP contribution is 2.08. The Bertz CT molecular complexity index is 285. The van der Waals surface area contributed by atoms with Gasteiger partial charge in [0.2, 0.25) is 5.69 Å². The highest BCUT2D eigenvalue weighted by molar-refractivity contribution is 5.02. The van der Waals surface area contributed by atoms with E-state index in [1.54, 1.807) is 0 Å². The maximum Gasteiger partial charge on any atom is 0.247 e. The van der Waals surface area contributed by atoms with E-state index in [0.29, 0.717) is 18.8 Å². The predicted molar refractivity (Wildman–Crippen MR) is 45.3 cm³/mol. The van der Waals surface area contributed by atoms with Crippen LogP contribution in [0.25, 0.3) is 0 Å². The van der Waals surface area contributed by atoms with Gasteiger partial charge in [-0.15, -0.1) is 0 Å². The fourth-order valence-corrected chi connectivity index (χ4v) is 1.12. The van der Waals surface area contributed by atoms with Gasteiger partial charge in [-0.3, -0.25) is 0 Å². The Balaban J connectivity index is 2.67. The third-order valence-corrected chi connectivity index (χ3v) is 1.79. The molecule has 2 N–H and O–H groups in total. The van der Waals surface area contributed by atoms with Crippen molar-refractivity contribution in [2.24, 2.45) is 0 Å². The summed E-state index contributed by atoms with van der Waals surface area (Å²) in [6.07, 6.45) is 0. The van der Waals surface area contributed by atoms with Gasteiger partial charge in [-0.25, -0.2) is 0 Å². The molecule has 0 aromatic carbocycles. The summed E-state index contributed by atoms with van der Waals surface area (Å²) in [6, 6.07) is 0.0902. The Morgan fingerprint density at radius 3 is 2.93 bits per heavy atom. The lowest BCUT2D eigenvalue weighted by Crippen LogP contribution is -2.43. The van der Waals surface area contributed by atoms with Gasteiger partial charge >= 0.3 is 0 Å². The number of nitrogens with one attached hydrogen (secondary N) is 1. The van der Waals surface area contributed by atoms with E-state index < -0.39 is 5.95 Å². The van der Waals surface area contributed by atoms with Crippen LogP contribution < -0.4 is 15.1 Å². The van der Waals surface area contributed by atoms with Crippen LogP contribution in [0.3, 0.4) is 0 Å². The van der Waals surface area contributed by atoms with Gasteiger partial charge in [0.25, 0.3) is 0 Å². The molecule has 6 nitrogen and oxygen atoms in total. The Morgan fingerprint density at radius 1 is 1.64 bits per heavy atom. The molecule has 0 atom stereocenters. The van der Waals surface area contributed by atoms with Gasteiger partial charge in [-0.05, 0) is 13.8 Å². The molecular formula is C8H15N3O3. The lowest BCUT2D eigenvalue weighted by atomic mass is 10.3. The quantitative estimate of drug-likeness (QED) is 0.457. The predicted octanol–water partition coefficient (Wildman–Crippen LogP) is -1.30. The first-order valence-electron chi connectivity index (χ1n) is 4.55. The molecule has 0 saturated heterocycles. The van der Waals surface area contributed by atoms with Gasteiger partial charge in [0.05, 0.1) is 18.4 Å². The number of hydrogen-bond acceptors (Lipinski definition) is 5. The fraction of sp³-hybridized carbons (Fsp3) is 0.750. The minimum absolute atomic E-state index is 0.0428. The third-order valence-electron chi connectivity index (χ3n) is 1.79. The van der Waals surface area contributed by atoms with Gasteiger partial charge < -0.3 is 20.1 Å². The van der Waals surface area contributed by atoms with Crippen LogP contribution >= 0.6 is 0 Å². The first-order valence-corrected chi connectivity index (χ1v) is 4.55. The maximum atomic E-state index is 11.2. The maximum absolute atomic E-state index is 11.2. The Hall–Kier alpha value is -1.14. The van der Waals surface area contributed by atoms with Gasteiger partial charge in [-0.1, -0.05) is 4.68 Å². The molecule has 1 rings (SSSR count). The molecule has 80 valence electrons. The third kappa shape index (κ3) is 2.43. The number of aromatic nitrogens is 2. The molecule has 0 aliphatic rings. The number of hydrogen-bond donors (Lipinski definition) is 2. The molecule has 1 heterocycles. The van der Waals surface area contributed by atoms with Crippen LogP contribution in [-0.2, 0) is 6.54 Å². The normalized spacial score (nSPS) is 11.1. The van der Waals surface area contributed by atoms with Crippen LogP contribution in [0, 0.1) is 0 Å². The van der Waals surface area contributed by atoms with Crippen molar-refractivity contribution in [2.45, 2.75) is 26.4 Å². The Morgan fingerprint density at radius 2 is 2.36 bits per heavy atom. The summed E-state index contributed by atoms with van der Waals surface area (Å²) in [5.74, 6) is -0.427. The molecule has 0 aliphatic carbocycles. The molecule has 1 aromatic rings. The SMILES string of the molecule is CC(C)[n+]1noc([O-])c1CNCCO. The van der Waals surface area contributed by atoms with Crippen LogP contribution in [0.2, 0.25) is 0 Å². The van der Waals surface area contributed by atoms with Crippen molar-refractivity contribution in [1.82, 2.24) is 10.6 Å². The van der Waals surface area contributed by atoms with E-state index in [1.165, 1.54) is 4.68 Å². The second-order valence-corrected chi connectivity index (χ2v) is 3.25. The van der Waals surface area contributed by atoms with Crippen LogP contribution in [0.15, 0.2) is 4.52 Å². The van der Waals surface area contributed by atoms with Gasteiger partial charge in [0.1, 0.15) is 0 Å². The number of aliphatic hydroxyl groups is 1. The van der Waals surface area contributed by atoms with Crippen LogP contribution in [0.4, 0.5) is 0 Å². The summed E-state index contributed by atoms with van der Waals surface area (Å²) in [7, 11) is 0. The average molecular weight is 201 g/mol. The molecule has 6 heteroatoms. The smallest absolute Gasteiger partial charge is 0.247 e. The molecule has 0 bridgehead atoms. The van der Waals surface area contributed by atoms with Gasteiger partial charge in [0, 0.05) is 6.54 Å². The number of rotatable bonds is 5. The topological polar surface area (TPSA) is 85.2 Å². The van der Waals surface area contributed by atoms with E-state index in [-0.39, 0.29) is 12.6 Å². The average Bonchev–Trinajstić information content (AvgIpc) is 2.48. The first-order chi connectivity index (χ1) is 6.66. The van der Waals surface area contributed by atoms with Crippen LogP contribution in [-0.4, -0.2) is 23.5 Å². The Labute approximate surface area is 82.1 Å². The van der Waals surface area contributed by atoms with E-state index >= 15 is 0 Å². The lowest BCUT2D eigenvalue weighted by molar-refractivity contribution is -0.785.